The highest BCUT2D eigenvalue weighted by Crippen LogP contribution is 2.27. The number of benzene rings is 3. The lowest BCUT2D eigenvalue weighted by Gasteiger charge is -2.14. The molecule has 0 aliphatic rings. The second-order valence-electron chi connectivity index (χ2n) is 7.29. The van der Waals surface area contributed by atoms with Gasteiger partial charge in [-0.3, -0.25) is 9.59 Å². The SMILES string of the molecule is CC(C)OC(=O)CCOc1ccccc1NC(=O)c1cc(-c2cccc(F)c2)ccc1F. The third-order valence-electron chi connectivity index (χ3n) is 4.44. The molecule has 5 nitrogen and oxygen atoms in total. The molecule has 0 saturated heterocycles. The Labute approximate surface area is 185 Å². The summed E-state index contributed by atoms with van der Waals surface area (Å²) >= 11 is 0. The Morgan fingerprint density at radius 3 is 2.44 bits per heavy atom. The van der Waals surface area contributed by atoms with Gasteiger partial charge in [0.15, 0.2) is 0 Å². The normalized spacial score (nSPS) is 10.7. The molecule has 0 atom stereocenters. The van der Waals surface area contributed by atoms with Crippen LogP contribution in [-0.4, -0.2) is 24.6 Å². The lowest BCUT2D eigenvalue weighted by atomic mass is 10.0. The third-order valence-corrected chi connectivity index (χ3v) is 4.44. The molecule has 7 heteroatoms. The minimum Gasteiger partial charge on any atom is -0.491 e. The van der Waals surface area contributed by atoms with Crippen LogP contribution < -0.4 is 10.1 Å². The average molecular weight is 439 g/mol. The molecular formula is C25H23F2NO4. The van der Waals surface area contributed by atoms with Crippen LogP contribution in [0.1, 0.15) is 30.6 Å². The van der Waals surface area contributed by atoms with E-state index in [2.05, 4.69) is 5.32 Å². The topological polar surface area (TPSA) is 64.6 Å². The van der Waals surface area contributed by atoms with E-state index in [1.54, 1.807) is 44.2 Å². The van der Waals surface area contributed by atoms with Crippen molar-refractivity contribution >= 4 is 17.6 Å². The van der Waals surface area contributed by atoms with E-state index >= 15 is 0 Å². The first-order valence-electron chi connectivity index (χ1n) is 10.1. The zero-order valence-corrected chi connectivity index (χ0v) is 17.7. The molecule has 1 N–H and O–H groups in total. The second kappa shape index (κ2) is 10.5. The molecule has 3 rings (SSSR count). The Balaban J connectivity index is 1.74. The van der Waals surface area contributed by atoms with Crippen molar-refractivity contribution < 1.29 is 27.8 Å². The zero-order valence-electron chi connectivity index (χ0n) is 17.7. The van der Waals surface area contributed by atoms with Crippen LogP contribution in [-0.2, 0) is 9.53 Å². The molecule has 0 heterocycles. The molecule has 3 aromatic rings. The summed E-state index contributed by atoms with van der Waals surface area (Å²) in [5.41, 5.74) is 1.16. The summed E-state index contributed by atoms with van der Waals surface area (Å²) in [6.07, 6.45) is -0.169. The van der Waals surface area contributed by atoms with Crippen LogP contribution >= 0.6 is 0 Å². The predicted molar refractivity (Wildman–Crippen MR) is 118 cm³/mol. The highest BCUT2D eigenvalue weighted by Gasteiger charge is 2.16. The van der Waals surface area contributed by atoms with Crippen molar-refractivity contribution in [3.8, 4) is 16.9 Å². The van der Waals surface area contributed by atoms with Gasteiger partial charge in [0.2, 0.25) is 0 Å². The summed E-state index contributed by atoms with van der Waals surface area (Å²) in [4.78, 5) is 24.4. The number of ether oxygens (including phenoxy) is 2. The molecule has 0 aliphatic heterocycles. The van der Waals surface area contributed by atoms with Gasteiger partial charge in [-0.05, 0) is 61.4 Å². The Morgan fingerprint density at radius 2 is 1.69 bits per heavy atom. The van der Waals surface area contributed by atoms with Gasteiger partial charge >= 0.3 is 5.97 Å². The predicted octanol–water partition coefficient (Wildman–Crippen LogP) is 5.60. The number of para-hydroxylation sites is 2. The molecule has 3 aromatic carbocycles. The lowest BCUT2D eigenvalue weighted by molar-refractivity contribution is -0.147. The molecular weight excluding hydrogens is 416 g/mol. The zero-order chi connectivity index (χ0) is 23.1. The second-order valence-corrected chi connectivity index (χ2v) is 7.29. The van der Waals surface area contributed by atoms with Crippen LogP contribution in [0.3, 0.4) is 0 Å². The Morgan fingerprint density at radius 1 is 0.938 bits per heavy atom. The Bertz CT molecular complexity index is 1110. The number of anilines is 1. The van der Waals surface area contributed by atoms with Gasteiger partial charge < -0.3 is 14.8 Å². The van der Waals surface area contributed by atoms with Crippen LogP contribution in [0, 0.1) is 11.6 Å². The van der Waals surface area contributed by atoms with Crippen LogP contribution in [0.25, 0.3) is 11.1 Å². The first-order valence-corrected chi connectivity index (χ1v) is 10.1. The van der Waals surface area contributed by atoms with E-state index in [1.165, 1.54) is 30.3 Å². The van der Waals surface area contributed by atoms with E-state index in [-0.39, 0.29) is 24.7 Å². The van der Waals surface area contributed by atoms with Gasteiger partial charge in [-0.15, -0.1) is 0 Å². The largest absolute Gasteiger partial charge is 0.491 e. The number of hydrogen-bond acceptors (Lipinski definition) is 4. The van der Waals surface area contributed by atoms with Crippen molar-refractivity contribution in [2.45, 2.75) is 26.4 Å². The van der Waals surface area contributed by atoms with Gasteiger partial charge in [0.05, 0.1) is 30.4 Å². The van der Waals surface area contributed by atoms with Gasteiger partial charge in [-0.1, -0.05) is 30.3 Å². The minimum atomic E-state index is -0.711. The highest BCUT2D eigenvalue weighted by atomic mass is 19.1. The van der Waals surface area contributed by atoms with Crippen LogP contribution in [0.5, 0.6) is 5.75 Å². The number of carbonyl (C=O) groups is 2. The third kappa shape index (κ3) is 6.14. The number of nitrogens with one attached hydrogen (secondary N) is 1. The molecule has 0 saturated carbocycles. The van der Waals surface area contributed by atoms with Crippen molar-refractivity contribution in [3.05, 3.63) is 83.9 Å². The number of esters is 1. The maximum atomic E-state index is 14.4. The molecule has 0 unspecified atom stereocenters. The summed E-state index contributed by atoms with van der Waals surface area (Å²) in [6, 6.07) is 16.5. The molecule has 0 bridgehead atoms. The van der Waals surface area contributed by atoms with Gasteiger partial charge in [-0.2, -0.15) is 0 Å². The fraction of sp³-hybridized carbons (Fsp3) is 0.200. The highest BCUT2D eigenvalue weighted by molar-refractivity contribution is 6.05. The number of amides is 1. The summed E-state index contributed by atoms with van der Waals surface area (Å²) < 4.78 is 38.6. The molecule has 0 spiro atoms. The molecule has 166 valence electrons. The fourth-order valence-corrected chi connectivity index (χ4v) is 3.00. The number of carbonyl (C=O) groups excluding carboxylic acids is 2. The summed E-state index contributed by atoms with van der Waals surface area (Å²) in [6.45, 7) is 3.57. The first kappa shape index (κ1) is 22.9. The molecule has 0 aromatic heterocycles. The molecule has 0 fully saturated rings. The maximum Gasteiger partial charge on any atom is 0.309 e. The van der Waals surface area contributed by atoms with Crippen molar-refractivity contribution in [1.29, 1.82) is 0 Å². The van der Waals surface area contributed by atoms with Crippen molar-refractivity contribution in [1.82, 2.24) is 0 Å². The smallest absolute Gasteiger partial charge is 0.309 e. The van der Waals surface area contributed by atoms with Crippen molar-refractivity contribution in [2.75, 3.05) is 11.9 Å². The van der Waals surface area contributed by atoms with Crippen molar-refractivity contribution in [3.63, 3.8) is 0 Å². The summed E-state index contributed by atoms with van der Waals surface area (Å²) in [5.74, 6) is -1.88. The van der Waals surface area contributed by atoms with E-state index < -0.39 is 23.5 Å². The molecule has 0 aliphatic carbocycles. The van der Waals surface area contributed by atoms with Crippen molar-refractivity contribution in [2.24, 2.45) is 0 Å². The van der Waals surface area contributed by atoms with Gasteiger partial charge in [0, 0.05) is 0 Å². The summed E-state index contributed by atoms with van der Waals surface area (Å²) in [7, 11) is 0. The minimum absolute atomic E-state index is 0.0464. The van der Waals surface area contributed by atoms with E-state index in [9.17, 15) is 18.4 Å². The van der Waals surface area contributed by atoms with Crippen LogP contribution in [0.4, 0.5) is 14.5 Å². The van der Waals surface area contributed by atoms with E-state index in [0.717, 1.165) is 6.07 Å². The lowest BCUT2D eigenvalue weighted by Crippen LogP contribution is -2.16. The molecule has 1 amide bonds. The van der Waals surface area contributed by atoms with Gasteiger partial charge in [-0.25, -0.2) is 8.78 Å². The Hall–Kier alpha value is -3.74. The average Bonchev–Trinajstić information content (AvgIpc) is 2.74. The summed E-state index contributed by atoms with van der Waals surface area (Å²) in [5, 5.41) is 2.63. The number of halogens is 2. The Kier molecular flexibility index (Phi) is 7.54. The number of rotatable bonds is 8. The van der Waals surface area contributed by atoms with Gasteiger partial charge in [0.1, 0.15) is 17.4 Å². The quantitative estimate of drug-likeness (QED) is 0.464. The number of hydrogen-bond donors (Lipinski definition) is 1. The van der Waals surface area contributed by atoms with Crippen LogP contribution in [0.2, 0.25) is 0 Å². The first-order chi connectivity index (χ1) is 15.3. The molecule has 32 heavy (non-hydrogen) atoms. The van der Waals surface area contributed by atoms with Gasteiger partial charge in [0.25, 0.3) is 5.91 Å². The van der Waals surface area contributed by atoms with Crippen LogP contribution in [0.15, 0.2) is 66.7 Å². The monoisotopic (exact) mass is 439 g/mol. The van der Waals surface area contributed by atoms with E-state index in [0.29, 0.717) is 22.6 Å². The van der Waals surface area contributed by atoms with E-state index in [4.69, 9.17) is 9.47 Å². The standard InChI is InChI=1S/C25H23F2NO4/c1-16(2)32-24(29)12-13-31-23-9-4-3-8-22(23)28-25(30)20-15-18(10-11-21(20)27)17-6-5-7-19(26)14-17/h3-11,14-16H,12-13H2,1-2H3,(H,28,30). The maximum absolute atomic E-state index is 14.4. The fourth-order valence-electron chi connectivity index (χ4n) is 3.00. The molecule has 0 radical (unpaired) electrons. The van der Waals surface area contributed by atoms with E-state index in [1.807, 2.05) is 0 Å².